The number of carbonyl (C=O) groups is 5. The van der Waals surface area contributed by atoms with Gasteiger partial charge < -0.3 is 47.8 Å². The summed E-state index contributed by atoms with van der Waals surface area (Å²) in [7, 11) is 0. The Hall–Kier alpha value is -3.75. The summed E-state index contributed by atoms with van der Waals surface area (Å²) in [6.07, 6.45) is -0.947. The Morgan fingerprint density at radius 1 is 0.892 bits per heavy atom. The maximum atomic E-state index is 13.1. The Morgan fingerprint density at radius 2 is 1.49 bits per heavy atom. The van der Waals surface area contributed by atoms with E-state index in [1.807, 2.05) is 5.32 Å². The van der Waals surface area contributed by atoms with Gasteiger partial charge in [0.2, 0.25) is 17.7 Å². The number of nitrogens with two attached hydrogens (primary N) is 2. The van der Waals surface area contributed by atoms with Gasteiger partial charge in [-0.1, -0.05) is 18.6 Å². The highest BCUT2D eigenvalue weighted by Crippen LogP contribution is 2.12. The number of phenols is 1. The molecule has 0 saturated heterocycles. The Labute approximate surface area is 213 Å². The van der Waals surface area contributed by atoms with Crippen LogP contribution in [-0.4, -0.2) is 86.9 Å². The van der Waals surface area contributed by atoms with E-state index >= 15 is 0 Å². The van der Waals surface area contributed by atoms with Crippen LogP contribution in [0.5, 0.6) is 5.75 Å². The van der Waals surface area contributed by atoms with E-state index < -0.39 is 66.4 Å². The molecule has 5 unspecified atom stereocenters. The minimum atomic E-state index is -1.80. The predicted molar refractivity (Wildman–Crippen MR) is 130 cm³/mol. The van der Waals surface area contributed by atoms with Gasteiger partial charge in [0.15, 0.2) is 0 Å². The summed E-state index contributed by atoms with van der Waals surface area (Å²) in [5, 5.41) is 44.4. The van der Waals surface area contributed by atoms with E-state index in [2.05, 4.69) is 10.6 Å². The molecule has 0 spiro atoms. The van der Waals surface area contributed by atoms with Gasteiger partial charge >= 0.3 is 11.9 Å². The van der Waals surface area contributed by atoms with Crippen LogP contribution in [0.15, 0.2) is 24.3 Å². The fraction of sp³-hybridized carbons (Fsp3) is 0.522. The van der Waals surface area contributed by atoms with Crippen LogP contribution in [0.4, 0.5) is 0 Å². The van der Waals surface area contributed by atoms with E-state index in [1.54, 1.807) is 0 Å². The molecule has 206 valence electrons. The van der Waals surface area contributed by atoms with Crippen LogP contribution >= 0.6 is 0 Å². The summed E-state index contributed by atoms with van der Waals surface area (Å²) >= 11 is 0. The van der Waals surface area contributed by atoms with E-state index in [1.165, 1.54) is 31.2 Å². The van der Waals surface area contributed by atoms with E-state index in [4.69, 9.17) is 21.7 Å². The molecule has 0 radical (unpaired) electrons. The zero-order valence-corrected chi connectivity index (χ0v) is 20.4. The molecule has 0 saturated carbocycles. The second-order valence-electron chi connectivity index (χ2n) is 8.55. The lowest BCUT2D eigenvalue weighted by Gasteiger charge is -2.26. The molecule has 0 fully saturated rings. The summed E-state index contributed by atoms with van der Waals surface area (Å²) in [4.78, 5) is 60.6. The number of amides is 3. The Balaban J connectivity index is 3.07. The van der Waals surface area contributed by atoms with Gasteiger partial charge in [-0.2, -0.15) is 0 Å². The third-order valence-corrected chi connectivity index (χ3v) is 5.37. The number of nitrogens with one attached hydrogen (secondary N) is 3. The van der Waals surface area contributed by atoms with Crippen LogP contribution in [0, 0.1) is 0 Å². The summed E-state index contributed by atoms with van der Waals surface area (Å²) in [6, 6.07) is 0.126. The van der Waals surface area contributed by atoms with Crippen LogP contribution in [0.25, 0.3) is 0 Å². The minimum Gasteiger partial charge on any atom is -0.508 e. The van der Waals surface area contributed by atoms with Crippen LogP contribution in [0.2, 0.25) is 0 Å². The van der Waals surface area contributed by atoms with E-state index in [0.29, 0.717) is 31.4 Å². The van der Waals surface area contributed by atoms with Crippen molar-refractivity contribution in [2.75, 3.05) is 6.54 Å². The first kappa shape index (κ1) is 31.3. The number of aliphatic hydroxyl groups excluding tert-OH is 1. The predicted octanol–water partition coefficient (Wildman–Crippen LogP) is -2.21. The second-order valence-corrected chi connectivity index (χ2v) is 8.55. The Bertz CT molecular complexity index is 939. The number of aromatic hydroxyl groups is 1. The number of hydrogen-bond donors (Lipinski definition) is 9. The number of carboxylic acid groups (broad SMARTS) is 2. The Kier molecular flexibility index (Phi) is 13.0. The lowest BCUT2D eigenvalue weighted by atomic mass is 10.0. The molecule has 14 heteroatoms. The van der Waals surface area contributed by atoms with Crippen LogP contribution < -0.4 is 27.4 Å². The molecule has 3 amide bonds. The molecule has 1 aromatic carbocycles. The zero-order chi connectivity index (χ0) is 28.1. The van der Waals surface area contributed by atoms with Gasteiger partial charge in [0.1, 0.15) is 23.9 Å². The fourth-order valence-corrected chi connectivity index (χ4v) is 3.29. The maximum Gasteiger partial charge on any atom is 0.326 e. The number of benzene rings is 1. The van der Waals surface area contributed by atoms with Crippen LogP contribution in [0.1, 0.15) is 38.2 Å². The van der Waals surface area contributed by atoms with E-state index in [9.17, 15) is 34.2 Å². The van der Waals surface area contributed by atoms with Gasteiger partial charge in [0.25, 0.3) is 0 Å². The molecule has 1 aromatic rings. The van der Waals surface area contributed by atoms with Gasteiger partial charge in [-0.15, -0.1) is 0 Å². The second kappa shape index (κ2) is 15.4. The topological polar surface area (TPSA) is 254 Å². The van der Waals surface area contributed by atoms with Gasteiger partial charge in [0, 0.05) is 6.42 Å². The first-order valence-electron chi connectivity index (χ1n) is 11.6. The maximum absolute atomic E-state index is 13.1. The SMILES string of the molecule is CC(O)C(NC(=O)C(Cc1ccc(O)cc1)NC(=O)C(N)CCCCN)C(=O)NC(CC(=O)O)C(=O)O. The van der Waals surface area contributed by atoms with Crippen molar-refractivity contribution >= 4 is 29.7 Å². The van der Waals surface area contributed by atoms with Crippen molar-refractivity contribution in [3.05, 3.63) is 29.8 Å². The molecule has 0 aliphatic rings. The van der Waals surface area contributed by atoms with Crippen molar-refractivity contribution in [2.24, 2.45) is 11.5 Å². The van der Waals surface area contributed by atoms with Gasteiger partial charge in [-0.05, 0) is 44.0 Å². The fourth-order valence-electron chi connectivity index (χ4n) is 3.29. The molecule has 1 rings (SSSR count). The molecule has 0 aromatic heterocycles. The highest BCUT2D eigenvalue weighted by Gasteiger charge is 2.33. The average Bonchev–Trinajstić information content (AvgIpc) is 2.82. The number of phenolic OH excluding ortho intramolecular Hbond substituents is 1. The first-order valence-corrected chi connectivity index (χ1v) is 11.6. The number of aliphatic carboxylic acids is 2. The van der Waals surface area contributed by atoms with Crippen molar-refractivity contribution in [3.63, 3.8) is 0 Å². The standard InChI is InChI=1S/C23H35N5O9/c1-12(29)19(22(35)27-17(23(36)37)11-18(31)32)28-21(34)16(10-13-5-7-14(30)8-6-13)26-20(33)15(25)4-2-3-9-24/h5-8,12,15-17,19,29-30H,2-4,9-11,24-25H2,1H3,(H,26,33)(H,27,35)(H,28,34)(H,31,32)(H,36,37). The highest BCUT2D eigenvalue weighted by molar-refractivity contribution is 5.95. The van der Waals surface area contributed by atoms with Crippen molar-refractivity contribution in [1.29, 1.82) is 0 Å². The number of hydrogen-bond acceptors (Lipinski definition) is 9. The number of carboxylic acids is 2. The van der Waals surface area contributed by atoms with E-state index in [-0.39, 0.29) is 12.2 Å². The summed E-state index contributed by atoms with van der Waals surface area (Å²) in [5.74, 6) is -5.78. The van der Waals surface area contributed by atoms with Gasteiger partial charge in [-0.3, -0.25) is 19.2 Å². The molecule has 0 bridgehead atoms. The highest BCUT2D eigenvalue weighted by atomic mass is 16.4. The van der Waals surface area contributed by atoms with Crippen molar-refractivity contribution in [2.45, 2.75) is 69.3 Å². The summed E-state index contributed by atoms with van der Waals surface area (Å²) in [5.41, 5.74) is 11.9. The van der Waals surface area contributed by atoms with Crippen LogP contribution in [0.3, 0.4) is 0 Å². The molecule has 0 aliphatic carbocycles. The van der Waals surface area contributed by atoms with E-state index in [0.717, 1.165) is 0 Å². The number of aliphatic hydroxyl groups is 1. The summed E-state index contributed by atoms with van der Waals surface area (Å²) in [6.45, 7) is 1.59. The molecular weight excluding hydrogens is 490 g/mol. The monoisotopic (exact) mass is 525 g/mol. The van der Waals surface area contributed by atoms with Gasteiger partial charge in [0.05, 0.1) is 18.6 Å². The number of carbonyl (C=O) groups excluding carboxylic acids is 3. The molecule has 37 heavy (non-hydrogen) atoms. The quantitative estimate of drug-likeness (QED) is 0.104. The lowest BCUT2D eigenvalue weighted by Crippen LogP contribution is -2.60. The largest absolute Gasteiger partial charge is 0.508 e. The lowest BCUT2D eigenvalue weighted by molar-refractivity contribution is -0.148. The normalized spacial score (nSPS) is 14.9. The van der Waals surface area contributed by atoms with Crippen LogP contribution in [-0.2, 0) is 30.4 Å². The molecule has 14 nitrogen and oxygen atoms in total. The molecular formula is C23H35N5O9. The van der Waals surface area contributed by atoms with Crippen molar-refractivity contribution < 1.29 is 44.4 Å². The molecule has 5 atom stereocenters. The number of unbranched alkanes of at least 4 members (excludes halogenated alkanes) is 1. The molecule has 0 heterocycles. The molecule has 0 aliphatic heterocycles. The smallest absolute Gasteiger partial charge is 0.326 e. The zero-order valence-electron chi connectivity index (χ0n) is 20.4. The first-order chi connectivity index (χ1) is 17.3. The third kappa shape index (κ3) is 11.2. The van der Waals surface area contributed by atoms with Gasteiger partial charge in [-0.25, -0.2) is 4.79 Å². The summed E-state index contributed by atoms with van der Waals surface area (Å²) < 4.78 is 0. The molecule has 11 N–H and O–H groups in total. The Morgan fingerprint density at radius 3 is 2.00 bits per heavy atom. The van der Waals surface area contributed by atoms with Crippen molar-refractivity contribution in [3.8, 4) is 5.75 Å². The third-order valence-electron chi connectivity index (χ3n) is 5.37. The van der Waals surface area contributed by atoms with Crippen molar-refractivity contribution in [1.82, 2.24) is 16.0 Å². The number of rotatable bonds is 16. The average molecular weight is 526 g/mol. The minimum absolute atomic E-state index is 0.0177.